The van der Waals surface area contributed by atoms with Gasteiger partial charge in [0.05, 0.1) is 22.0 Å². The molecule has 0 aliphatic rings. The van der Waals surface area contributed by atoms with Crippen LogP contribution in [0.3, 0.4) is 0 Å². The van der Waals surface area contributed by atoms with Crippen molar-refractivity contribution >= 4 is 62.4 Å². The third-order valence-corrected chi connectivity index (χ3v) is 6.87. The minimum atomic E-state index is -0.442. The summed E-state index contributed by atoms with van der Waals surface area (Å²) in [5, 5.41) is 5.54. The topological polar surface area (TPSA) is 64.0 Å². The predicted molar refractivity (Wildman–Crippen MR) is 124 cm³/mol. The van der Waals surface area contributed by atoms with Gasteiger partial charge in [-0.15, -0.1) is 11.3 Å². The van der Waals surface area contributed by atoms with Gasteiger partial charge in [0, 0.05) is 11.6 Å². The number of amides is 1. The average Bonchev–Trinajstić information content (AvgIpc) is 3.21. The number of fused-ring (bicyclic) bond motifs is 1. The van der Waals surface area contributed by atoms with Crippen LogP contribution in [0.4, 0.5) is 4.39 Å². The van der Waals surface area contributed by atoms with Gasteiger partial charge < -0.3 is 5.32 Å². The van der Waals surface area contributed by atoms with Crippen LogP contribution in [0.5, 0.6) is 0 Å². The van der Waals surface area contributed by atoms with Gasteiger partial charge in [-0.25, -0.2) is 9.37 Å². The molecule has 0 radical (unpaired) electrons. The number of halogens is 3. The molecule has 158 valence electrons. The summed E-state index contributed by atoms with van der Waals surface area (Å²) in [7, 11) is 0. The first kappa shape index (κ1) is 21.8. The van der Waals surface area contributed by atoms with E-state index in [1.807, 2.05) is 0 Å². The molecule has 2 aromatic carbocycles. The standard InChI is InChI=1S/C21H14Cl2FN3O2S2/c22-14-3-1-2-4-17(14)27-20(29)19-16(7-8-30-19)26-21(27)31-11-18(28)25-10-12-5-6-13(24)9-15(12)23/h1-9H,10-11H2,(H,25,28). The fraction of sp³-hybridized carbons (Fsp3) is 0.0952. The first-order valence-corrected chi connectivity index (χ1v) is 11.6. The molecule has 0 atom stereocenters. The smallest absolute Gasteiger partial charge is 0.276 e. The van der Waals surface area contributed by atoms with Crippen molar-refractivity contribution in [1.29, 1.82) is 0 Å². The molecule has 4 rings (SSSR count). The molecule has 0 unspecified atom stereocenters. The first-order chi connectivity index (χ1) is 14.9. The second-order valence-corrected chi connectivity index (χ2v) is 9.10. The molecule has 0 aliphatic heterocycles. The number of carbonyl (C=O) groups is 1. The SMILES string of the molecule is O=C(CSc1nc2ccsc2c(=O)n1-c1ccccc1Cl)NCc1ccc(F)cc1Cl. The number of hydrogen-bond donors (Lipinski definition) is 1. The summed E-state index contributed by atoms with van der Waals surface area (Å²) in [5.41, 5.74) is 1.43. The number of nitrogens with one attached hydrogen (secondary N) is 1. The first-order valence-electron chi connectivity index (χ1n) is 9.02. The Morgan fingerprint density at radius 2 is 1.97 bits per heavy atom. The van der Waals surface area contributed by atoms with Crippen LogP contribution in [0.15, 0.2) is 63.9 Å². The summed E-state index contributed by atoms with van der Waals surface area (Å²) in [6, 6.07) is 12.7. The maximum absolute atomic E-state index is 13.2. The zero-order valence-electron chi connectivity index (χ0n) is 15.8. The maximum atomic E-state index is 13.2. The van der Waals surface area contributed by atoms with E-state index in [-0.39, 0.29) is 28.8 Å². The van der Waals surface area contributed by atoms with Crippen LogP contribution in [0.2, 0.25) is 10.0 Å². The van der Waals surface area contributed by atoms with E-state index < -0.39 is 5.82 Å². The zero-order chi connectivity index (χ0) is 22.0. The molecule has 5 nitrogen and oxygen atoms in total. The Morgan fingerprint density at radius 3 is 2.74 bits per heavy atom. The van der Waals surface area contributed by atoms with Crippen molar-refractivity contribution in [3.63, 3.8) is 0 Å². The Bertz CT molecular complexity index is 1340. The van der Waals surface area contributed by atoms with Gasteiger partial charge in [-0.05, 0) is 41.3 Å². The molecule has 10 heteroatoms. The van der Waals surface area contributed by atoms with E-state index in [4.69, 9.17) is 23.2 Å². The largest absolute Gasteiger partial charge is 0.351 e. The number of thioether (sulfide) groups is 1. The van der Waals surface area contributed by atoms with E-state index in [1.165, 1.54) is 34.1 Å². The van der Waals surface area contributed by atoms with Crippen molar-refractivity contribution in [2.75, 3.05) is 5.75 Å². The summed E-state index contributed by atoms with van der Waals surface area (Å²) < 4.78 is 15.1. The molecule has 0 spiro atoms. The second-order valence-electron chi connectivity index (χ2n) is 6.42. The van der Waals surface area contributed by atoms with Crippen molar-refractivity contribution in [3.8, 4) is 5.69 Å². The number of hydrogen-bond acceptors (Lipinski definition) is 5. The van der Waals surface area contributed by atoms with Crippen LogP contribution < -0.4 is 10.9 Å². The molecular weight excluding hydrogens is 480 g/mol. The molecule has 31 heavy (non-hydrogen) atoms. The molecule has 1 N–H and O–H groups in total. The van der Waals surface area contributed by atoms with Gasteiger partial charge in [0.15, 0.2) is 5.16 Å². The Labute approximate surface area is 194 Å². The molecule has 4 aromatic rings. The lowest BCUT2D eigenvalue weighted by atomic mass is 10.2. The number of aromatic nitrogens is 2. The van der Waals surface area contributed by atoms with Gasteiger partial charge >= 0.3 is 0 Å². The molecule has 1 amide bonds. The minimum Gasteiger partial charge on any atom is -0.351 e. The molecule has 0 saturated heterocycles. The van der Waals surface area contributed by atoms with Crippen molar-refractivity contribution in [2.24, 2.45) is 0 Å². The fourth-order valence-corrected chi connectivity index (χ4v) is 4.92. The van der Waals surface area contributed by atoms with Crippen LogP contribution in [0, 0.1) is 5.82 Å². The van der Waals surface area contributed by atoms with Gasteiger partial charge in [-0.3, -0.25) is 14.2 Å². The summed E-state index contributed by atoms with van der Waals surface area (Å²) in [5.74, 6) is -0.704. The summed E-state index contributed by atoms with van der Waals surface area (Å²) in [6.07, 6.45) is 0. The van der Waals surface area contributed by atoms with E-state index in [2.05, 4.69) is 10.3 Å². The number of carbonyl (C=O) groups excluding carboxylic acids is 1. The van der Waals surface area contributed by atoms with Crippen molar-refractivity contribution < 1.29 is 9.18 Å². The quantitative estimate of drug-likeness (QED) is 0.292. The Kier molecular flexibility index (Phi) is 6.62. The second kappa shape index (κ2) is 9.40. The molecule has 0 aliphatic carbocycles. The molecule has 2 heterocycles. The number of rotatable bonds is 6. The summed E-state index contributed by atoms with van der Waals surface area (Å²) in [6.45, 7) is 0.160. The van der Waals surface area contributed by atoms with Crippen LogP contribution in [0.1, 0.15) is 5.56 Å². The lowest BCUT2D eigenvalue weighted by Crippen LogP contribution is -2.26. The normalized spacial score (nSPS) is 11.1. The Morgan fingerprint density at radius 1 is 1.16 bits per heavy atom. The lowest BCUT2D eigenvalue weighted by molar-refractivity contribution is -0.118. The van der Waals surface area contributed by atoms with Crippen LogP contribution in [0.25, 0.3) is 15.9 Å². The van der Waals surface area contributed by atoms with E-state index in [1.54, 1.807) is 35.7 Å². The minimum absolute atomic E-state index is 0.0192. The van der Waals surface area contributed by atoms with E-state index in [0.717, 1.165) is 11.8 Å². The maximum Gasteiger partial charge on any atom is 0.276 e. The molecule has 0 saturated carbocycles. The third kappa shape index (κ3) is 4.77. The highest BCUT2D eigenvalue weighted by atomic mass is 35.5. The number of para-hydroxylation sites is 1. The van der Waals surface area contributed by atoms with Crippen molar-refractivity contribution in [3.05, 3.63) is 85.7 Å². The monoisotopic (exact) mass is 493 g/mol. The summed E-state index contributed by atoms with van der Waals surface area (Å²) >= 11 is 14.7. The van der Waals surface area contributed by atoms with E-state index in [9.17, 15) is 14.0 Å². The van der Waals surface area contributed by atoms with Crippen LogP contribution in [-0.2, 0) is 11.3 Å². The van der Waals surface area contributed by atoms with Crippen molar-refractivity contribution in [2.45, 2.75) is 11.7 Å². The summed E-state index contributed by atoms with van der Waals surface area (Å²) in [4.78, 5) is 30.1. The van der Waals surface area contributed by atoms with Crippen molar-refractivity contribution in [1.82, 2.24) is 14.9 Å². The molecule has 0 bridgehead atoms. The molecule has 0 fully saturated rings. The number of benzene rings is 2. The zero-order valence-corrected chi connectivity index (χ0v) is 18.9. The Hall–Kier alpha value is -2.39. The van der Waals surface area contributed by atoms with Gasteiger partial charge in [-0.2, -0.15) is 0 Å². The highest BCUT2D eigenvalue weighted by molar-refractivity contribution is 7.99. The highest BCUT2D eigenvalue weighted by Gasteiger charge is 2.17. The van der Waals surface area contributed by atoms with Gasteiger partial charge in [0.2, 0.25) is 5.91 Å². The van der Waals surface area contributed by atoms with Gasteiger partial charge in [0.1, 0.15) is 10.5 Å². The van der Waals surface area contributed by atoms with E-state index in [0.29, 0.717) is 31.6 Å². The van der Waals surface area contributed by atoms with Crippen LogP contribution >= 0.6 is 46.3 Å². The molecule has 2 aromatic heterocycles. The Balaban J connectivity index is 1.56. The lowest BCUT2D eigenvalue weighted by Gasteiger charge is -2.13. The highest BCUT2D eigenvalue weighted by Crippen LogP contribution is 2.27. The fourth-order valence-electron chi connectivity index (χ4n) is 2.87. The van der Waals surface area contributed by atoms with Gasteiger partial charge in [-0.1, -0.05) is 53.2 Å². The number of nitrogens with zero attached hydrogens (tertiary/aromatic N) is 2. The third-order valence-electron chi connectivity index (χ3n) is 4.37. The van der Waals surface area contributed by atoms with Crippen LogP contribution in [-0.4, -0.2) is 21.2 Å². The average molecular weight is 494 g/mol. The predicted octanol–water partition coefficient (Wildman–Crippen LogP) is 5.30. The number of thiophene rings is 1. The van der Waals surface area contributed by atoms with E-state index >= 15 is 0 Å². The van der Waals surface area contributed by atoms with Gasteiger partial charge in [0.25, 0.3) is 5.56 Å². The molecular formula is C21H14Cl2FN3O2S2.